The molecule has 2 aliphatic carbocycles. The number of fused-ring (bicyclic) bond motifs is 2. The number of ketones is 1. The highest BCUT2D eigenvalue weighted by Gasteiger charge is 2.53. The zero-order valence-corrected chi connectivity index (χ0v) is 11.9. The fraction of sp³-hybridized carbons (Fsp3) is 0.733. The van der Waals surface area contributed by atoms with Crippen molar-refractivity contribution in [3.8, 4) is 0 Å². The molecule has 0 aromatic rings. The van der Waals surface area contributed by atoms with Crippen LogP contribution in [0.15, 0.2) is 12.2 Å². The topological polar surface area (TPSA) is 55.4 Å². The van der Waals surface area contributed by atoms with E-state index in [1.807, 2.05) is 20.8 Å². The summed E-state index contributed by atoms with van der Waals surface area (Å²) in [6, 6.07) is 0.0465. The van der Waals surface area contributed by atoms with E-state index in [1.54, 1.807) is 0 Å². The Morgan fingerprint density at radius 1 is 1.42 bits per heavy atom. The number of carbonyl (C=O) groups is 2. The summed E-state index contributed by atoms with van der Waals surface area (Å²) in [5.41, 5.74) is -0.470. The molecule has 2 aliphatic rings. The van der Waals surface area contributed by atoms with Crippen LogP contribution in [-0.2, 0) is 9.53 Å². The molecule has 2 bridgehead atoms. The Bertz CT molecular complexity index is 402. The molecule has 106 valence electrons. The molecule has 0 aliphatic heterocycles. The van der Waals surface area contributed by atoms with E-state index in [0.29, 0.717) is 12.3 Å². The van der Waals surface area contributed by atoms with Gasteiger partial charge in [0.2, 0.25) is 0 Å². The van der Waals surface area contributed by atoms with Crippen LogP contribution in [0.5, 0.6) is 0 Å². The Kier molecular flexibility index (Phi) is 3.97. The number of hydrogen-bond acceptors (Lipinski definition) is 3. The summed E-state index contributed by atoms with van der Waals surface area (Å²) in [5, 5.41) is 2.69. The number of alkyl carbamates (subject to hydrolysis) is 1. The number of nitrogens with one attached hydrogen (secondary N) is 1. The highest BCUT2D eigenvalue weighted by molar-refractivity contribution is 5.86. The number of ether oxygens (including phenoxy) is 1. The van der Waals surface area contributed by atoms with Gasteiger partial charge in [0.15, 0.2) is 0 Å². The molecule has 4 nitrogen and oxygen atoms in total. The van der Waals surface area contributed by atoms with Crippen LogP contribution in [0.4, 0.5) is 4.79 Å². The van der Waals surface area contributed by atoms with Crippen molar-refractivity contribution in [3.05, 3.63) is 12.2 Å². The quantitative estimate of drug-likeness (QED) is 0.778. The van der Waals surface area contributed by atoms with Crippen molar-refractivity contribution in [3.63, 3.8) is 0 Å². The minimum Gasteiger partial charge on any atom is -0.448 e. The van der Waals surface area contributed by atoms with Crippen LogP contribution in [0.2, 0.25) is 0 Å². The van der Waals surface area contributed by atoms with Gasteiger partial charge in [-0.1, -0.05) is 19.1 Å². The van der Waals surface area contributed by atoms with Gasteiger partial charge < -0.3 is 10.1 Å². The van der Waals surface area contributed by atoms with Crippen LogP contribution < -0.4 is 5.32 Å². The van der Waals surface area contributed by atoms with E-state index in [0.717, 1.165) is 12.8 Å². The van der Waals surface area contributed by atoms with E-state index in [4.69, 9.17) is 4.74 Å². The van der Waals surface area contributed by atoms with Gasteiger partial charge in [-0.2, -0.15) is 0 Å². The SMILES string of the molecule is CCC(=O)C1(COC(=O)NC(C)C)CC2C=CC1C2. The molecule has 0 spiro atoms. The zero-order chi connectivity index (χ0) is 14.0. The molecule has 3 unspecified atom stereocenters. The second kappa shape index (κ2) is 5.35. The maximum atomic E-state index is 12.3. The van der Waals surface area contributed by atoms with Crippen molar-refractivity contribution in [1.82, 2.24) is 5.32 Å². The van der Waals surface area contributed by atoms with E-state index in [9.17, 15) is 9.59 Å². The maximum absolute atomic E-state index is 12.3. The molecule has 4 heteroatoms. The number of hydrogen-bond donors (Lipinski definition) is 1. The van der Waals surface area contributed by atoms with Gasteiger partial charge in [0, 0.05) is 12.5 Å². The first-order valence-corrected chi connectivity index (χ1v) is 7.13. The van der Waals surface area contributed by atoms with Gasteiger partial charge in [-0.25, -0.2) is 4.79 Å². The number of amides is 1. The van der Waals surface area contributed by atoms with Crippen LogP contribution in [0.25, 0.3) is 0 Å². The molecule has 0 heterocycles. The minimum atomic E-state index is -0.470. The van der Waals surface area contributed by atoms with Crippen LogP contribution in [-0.4, -0.2) is 24.5 Å². The van der Waals surface area contributed by atoms with Crippen molar-refractivity contribution >= 4 is 11.9 Å². The molecule has 1 saturated carbocycles. The van der Waals surface area contributed by atoms with Gasteiger partial charge in [0.05, 0.1) is 5.41 Å². The number of allylic oxidation sites excluding steroid dienone is 2. The molecule has 0 aromatic heterocycles. The average molecular weight is 265 g/mol. The molecule has 0 saturated heterocycles. The smallest absolute Gasteiger partial charge is 0.407 e. The van der Waals surface area contributed by atoms with E-state index in [-0.39, 0.29) is 24.3 Å². The summed E-state index contributed by atoms with van der Waals surface area (Å²) >= 11 is 0. The Morgan fingerprint density at radius 2 is 2.16 bits per heavy atom. The van der Waals surface area contributed by atoms with E-state index in [1.165, 1.54) is 0 Å². The largest absolute Gasteiger partial charge is 0.448 e. The van der Waals surface area contributed by atoms with Gasteiger partial charge in [-0.05, 0) is 38.5 Å². The predicted molar refractivity (Wildman–Crippen MR) is 72.7 cm³/mol. The van der Waals surface area contributed by atoms with Crippen molar-refractivity contribution in [2.24, 2.45) is 17.3 Å². The van der Waals surface area contributed by atoms with Crippen molar-refractivity contribution in [2.75, 3.05) is 6.61 Å². The maximum Gasteiger partial charge on any atom is 0.407 e. The predicted octanol–water partition coefficient (Wildman–Crippen LogP) is 2.68. The Balaban J connectivity index is 2.03. The van der Waals surface area contributed by atoms with Gasteiger partial charge in [-0.15, -0.1) is 0 Å². The lowest BCUT2D eigenvalue weighted by atomic mass is 9.72. The molecule has 0 radical (unpaired) electrons. The molecule has 19 heavy (non-hydrogen) atoms. The highest BCUT2D eigenvalue weighted by atomic mass is 16.5. The lowest BCUT2D eigenvalue weighted by molar-refractivity contribution is -0.132. The summed E-state index contributed by atoms with van der Waals surface area (Å²) in [5.74, 6) is 0.954. The molecular weight excluding hydrogens is 242 g/mol. The van der Waals surface area contributed by atoms with E-state index < -0.39 is 11.5 Å². The molecule has 1 amide bonds. The number of carbonyl (C=O) groups excluding carboxylic acids is 2. The monoisotopic (exact) mass is 265 g/mol. The van der Waals surface area contributed by atoms with Crippen LogP contribution >= 0.6 is 0 Å². The van der Waals surface area contributed by atoms with Gasteiger partial charge in [0.1, 0.15) is 12.4 Å². The normalized spacial score (nSPS) is 31.8. The van der Waals surface area contributed by atoms with Crippen LogP contribution in [0, 0.1) is 17.3 Å². The van der Waals surface area contributed by atoms with Gasteiger partial charge in [0.25, 0.3) is 0 Å². The van der Waals surface area contributed by atoms with Crippen LogP contribution in [0.3, 0.4) is 0 Å². The Labute approximate surface area is 114 Å². The first-order valence-electron chi connectivity index (χ1n) is 7.13. The summed E-state index contributed by atoms with van der Waals surface area (Å²) in [4.78, 5) is 23.9. The second-order valence-electron chi connectivity index (χ2n) is 6.00. The summed E-state index contributed by atoms with van der Waals surface area (Å²) in [7, 11) is 0. The van der Waals surface area contributed by atoms with E-state index in [2.05, 4.69) is 17.5 Å². The third-order valence-corrected chi connectivity index (χ3v) is 4.25. The van der Waals surface area contributed by atoms with Crippen molar-refractivity contribution < 1.29 is 14.3 Å². The number of Topliss-reactive ketones (excluding diaryl/α,β-unsaturated/α-hetero) is 1. The standard InChI is InChI=1S/C15H23NO3/c1-4-13(17)15(8-11-5-6-12(15)7-11)9-19-14(18)16-10(2)3/h5-6,10-12H,4,7-9H2,1-3H3,(H,16,18). The van der Waals surface area contributed by atoms with Gasteiger partial charge >= 0.3 is 6.09 Å². The average Bonchev–Trinajstić information content (AvgIpc) is 2.95. The highest BCUT2D eigenvalue weighted by Crippen LogP contribution is 2.53. The van der Waals surface area contributed by atoms with Crippen molar-refractivity contribution in [2.45, 2.75) is 46.1 Å². The Morgan fingerprint density at radius 3 is 2.63 bits per heavy atom. The zero-order valence-electron chi connectivity index (χ0n) is 11.9. The summed E-state index contributed by atoms with van der Waals surface area (Å²) in [6.45, 7) is 5.86. The Hall–Kier alpha value is -1.32. The molecule has 3 atom stereocenters. The lowest BCUT2D eigenvalue weighted by Crippen LogP contribution is -2.42. The molecular formula is C15H23NO3. The fourth-order valence-electron chi connectivity index (χ4n) is 3.35. The van der Waals surface area contributed by atoms with E-state index >= 15 is 0 Å². The molecule has 0 aromatic carbocycles. The van der Waals surface area contributed by atoms with Gasteiger partial charge in [-0.3, -0.25) is 4.79 Å². The molecule has 1 N–H and O–H groups in total. The molecule has 2 rings (SSSR count). The third kappa shape index (κ3) is 2.67. The summed E-state index contributed by atoms with van der Waals surface area (Å²) in [6.07, 6.45) is 6.26. The lowest BCUT2D eigenvalue weighted by Gasteiger charge is -2.33. The van der Waals surface area contributed by atoms with Crippen LogP contribution in [0.1, 0.15) is 40.0 Å². The summed E-state index contributed by atoms with van der Waals surface area (Å²) < 4.78 is 5.31. The fourth-order valence-corrected chi connectivity index (χ4v) is 3.35. The first-order chi connectivity index (χ1) is 8.98. The third-order valence-electron chi connectivity index (χ3n) is 4.25. The number of rotatable bonds is 5. The van der Waals surface area contributed by atoms with Crippen molar-refractivity contribution in [1.29, 1.82) is 0 Å². The molecule has 1 fully saturated rings. The first kappa shape index (κ1) is 14.1. The second-order valence-corrected chi connectivity index (χ2v) is 6.00. The minimum absolute atomic E-state index is 0.0465.